The second kappa shape index (κ2) is 7.99. The molecule has 0 bridgehead atoms. The Morgan fingerprint density at radius 3 is 2.63 bits per heavy atom. The van der Waals surface area contributed by atoms with Crippen molar-refractivity contribution in [3.05, 3.63) is 22.4 Å². The summed E-state index contributed by atoms with van der Waals surface area (Å²) in [6.45, 7) is 6.83. The number of hydrogen-bond donors (Lipinski definition) is 2. The molecule has 0 spiro atoms. The van der Waals surface area contributed by atoms with E-state index in [4.69, 9.17) is 0 Å². The summed E-state index contributed by atoms with van der Waals surface area (Å²) in [5, 5.41) is 5.19. The molecule has 0 aliphatic carbocycles. The average molecular weight is 304 g/mol. The first kappa shape index (κ1) is 16.6. The summed E-state index contributed by atoms with van der Waals surface area (Å²) in [5.41, 5.74) is 0. The standard InChI is InChI=1S/C13H24N2O2S2/c1-4-12(13-7-5-9-18-13)15-19(16,17)10-6-8-14-11(2)3/h5,7,9,11-12,14-15H,4,6,8,10H2,1-3H3. The van der Waals surface area contributed by atoms with Gasteiger partial charge in [0.2, 0.25) is 10.0 Å². The molecule has 0 aliphatic heterocycles. The zero-order valence-corrected chi connectivity index (χ0v) is 13.5. The van der Waals surface area contributed by atoms with E-state index < -0.39 is 10.0 Å². The van der Waals surface area contributed by atoms with E-state index in [0.717, 1.165) is 17.8 Å². The van der Waals surface area contributed by atoms with Crippen LogP contribution in [0.2, 0.25) is 0 Å². The third kappa shape index (κ3) is 6.51. The smallest absolute Gasteiger partial charge is 0.212 e. The molecule has 0 aliphatic rings. The van der Waals surface area contributed by atoms with Gasteiger partial charge in [-0.1, -0.05) is 26.8 Å². The van der Waals surface area contributed by atoms with Gasteiger partial charge in [-0.25, -0.2) is 13.1 Å². The van der Waals surface area contributed by atoms with Crippen LogP contribution in [0.4, 0.5) is 0 Å². The van der Waals surface area contributed by atoms with E-state index in [1.807, 2.05) is 24.4 Å². The monoisotopic (exact) mass is 304 g/mol. The van der Waals surface area contributed by atoms with Crippen LogP contribution >= 0.6 is 11.3 Å². The topological polar surface area (TPSA) is 58.2 Å². The van der Waals surface area contributed by atoms with Crippen LogP contribution in [0.25, 0.3) is 0 Å². The van der Waals surface area contributed by atoms with Crippen LogP contribution in [0, 0.1) is 0 Å². The minimum atomic E-state index is -3.20. The van der Waals surface area contributed by atoms with Crippen LogP contribution in [0.15, 0.2) is 17.5 Å². The number of rotatable bonds is 9. The molecule has 0 aromatic carbocycles. The van der Waals surface area contributed by atoms with Crippen molar-refractivity contribution in [2.45, 2.75) is 45.7 Å². The lowest BCUT2D eigenvalue weighted by Gasteiger charge is -2.16. The highest BCUT2D eigenvalue weighted by molar-refractivity contribution is 7.89. The molecule has 0 amide bonds. The Hall–Kier alpha value is -0.430. The van der Waals surface area contributed by atoms with E-state index in [1.54, 1.807) is 11.3 Å². The highest BCUT2D eigenvalue weighted by Gasteiger charge is 2.18. The van der Waals surface area contributed by atoms with Crippen LogP contribution in [-0.2, 0) is 10.0 Å². The minimum Gasteiger partial charge on any atom is -0.314 e. The summed E-state index contributed by atoms with van der Waals surface area (Å²) in [5.74, 6) is 0.175. The van der Waals surface area contributed by atoms with Crippen molar-refractivity contribution in [1.82, 2.24) is 10.0 Å². The van der Waals surface area contributed by atoms with Crippen LogP contribution in [-0.4, -0.2) is 26.8 Å². The number of hydrogen-bond acceptors (Lipinski definition) is 4. The van der Waals surface area contributed by atoms with Gasteiger partial charge in [-0.15, -0.1) is 11.3 Å². The first-order chi connectivity index (χ1) is 8.94. The van der Waals surface area contributed by atoms with Crippen molar-refractivity contribution < 1.29 is 8.42 Å². The molecule has 4 nitrogen and oxygen atoms in total. The summed E-state index contributed by atoms with van der Waals surface area (Å²) >= 11 is 1.59. The SMILES string of the molecule is CCC(NS(=O)(=O)CCCNC(C)C)c1cccs1. The second-order valence-electron chi connectivity index (χ2n) is 4.88. The predicted molar refractivity (Wildman–Crippen MR) is 82.0 cm³/mol. The maximum atomic E-state index is 12.0. The maximum Gasteiger partial charge on any atom is 0.212 e. The Balaban J connectivity index is 2.44. The molecule has 19 heavy (non-hydrogen) atoms. The number of sulfonamides is 1. The van der Waals surface area contributed by atoms with Gasteiger partial charge in [0.1, 0.15) is 0 Å². The molecule has 1 aromatic heterocycles. The number of nitrogens with one attached hydrogen (secondary N) is 2. The van der Waals surface area contributed by atoms with E-state index in [0.29, 0.717) is 12.5 Å². The van der Waals surface area contributed by atoms with E-state index in [-0.39, 0.29) is 11.8 Å². The third-order valence-corrected chi connectivity index (χ3v) is 5.21. The highest BCUT2D eigenvalue weighted by atomic mass is 32.2. The summed E-state index contributed by atoms with van der Waals surface area (Å²) in [6.07, 6.45) is 1.40. The zero-order chi connectivity index (χ0) is 14.3. The molecule has 2 N–H and O–H groups in total. The first-order valence-corrected chi connectivity index (χ1v) is 9.24. The molecular formula is C13H24N2O2S2. The van der Waals surface area contributed by atoms with Gasteiger partial charge in [0, 0.05) is 10.9 Å². The summed E-state index contributed by atoms with van der Waals surface area (Å²) in [4.78, 5) is 1.08. The van der Waals surface area contributed by atoms with Gasteiger partial charge in [0.25, 0.3) is 0 Å². The lowest BCUT2D eigenvalue weighted by Crippen LogP contribution is -2.32. The van der Waals surface area contributed by atoms with Gasteiger partial charge in [-0.3, -0.25) is 0 Å². The van der Waals surface area contributed by atoms with Gasteiger partial charge in [-0.2, -0.15) is 0 Å². The van der Waals surface area contributed by atoms with Gasteiger partial charge >= 0.3 is 0 Å². The molecule has 0 saturated heterocycles. The summed E-state index contributed by atoms with van der Waals surface area (Å²) < 4.78 is 26.8. The van der Waals surface area contributed by atoms with Gasteiger partial charge in [-0.05, 0) is 30.8 Å². The first-order valence-electron chi connectivity index (χ1n) is 6.71. The van der Waals surface area contributed by atoms with Crippen LogP contribution < -0.4 is 10.0 Å². The van der Waals surface area contributed by atoms with Crippen LogP contribution in [0.1, 0.15) is 44.5 Å². The maximum absolute atomic E-state index is 12.0. The van der Waals surface area contributed by atoms with E-state index in [2.05, 4.69) is 23.9 Å². The molecule has 110 valence electrons. The minimum absolute atomic E-state index is 0.0944. The van der Waals surface area contributed by atoms with Gasteiger partial charge < -0.3 is 5.32 Å². The second-order valence-corrected chi connectivity index (χ2v) is 7.73. The molecule has 0 radical (unpaired) electrons. The van der Waals surface area contributed by atoms with Crippen molar-refractivity contribution in [3.63, 3.8) is 0 Å². The third-order valence-electron chi connectivity index (χ3n) is 2.76. The lowest BCUT2D eigenvalue weighted by molar-refractivity contribution is 0.542. The van der Waals surface area contributed by atoms with Gasteiger partial charge in [0.15, 0.2) is 0 Å². The van der Waals surface area contributed by atoms with E-state index in [1.165, 1.54) is 0 Å². The fourth-order valence-electron chi connectivity index (χ4n) is 1.76. The van der Waals surface area contributed by atoms with Crippen LogP contribution in [0.5, 0.6) is 0 Å². The van der Waals surface area contributed by atoms with E-state index in [9.17, 15) is 8.42 Å². The van der Waals surface area contributed by atoms with Crippen LogP contribution in [0.3, 0.4) is 0 Å². The number of thiophene rings is 1. The van der Waals surface area contributed by atoms with Crippen molar-refractivity contribution >= 4 is 21.4 Å². The van der Waals surface area contributed by atoms with Crippen molar-refractivity contribution in [2.75, 3.05) is 12.3 Å². The lowest BCUT2D eigenvalue weighted by atomic mass is 10.2. The Morgan fingerprint density at radius 1 is 1.37 bits per heavy atom. The quantitative estimate of drug-likeness (QED) is 0.689. The fourth-order valence-corrected chi connectivity index (χ4v) is 4.07. The molecule has 1 atom stereocenters. The normalized spacial score (nSPS) is 13.9. The molecule has 6 heteroatoms. The molecule has 1 heterocycles. The van der Waals surface area contributed by atoms with Crippen molar-refractivity contribution in [3.8, 4) is 0 Å². The molecule has 1 aromatic rings. The van der Waals surface area contributed by atoms with E-state index >= 15 is 0 Å². The highest BCUT2D eigenvalue weighted by Crippen LogP contribution is 2.22. The predicted octanol–water partition coefficient (Wildman–Crippen LogP) is 2.51. The molecule has 0 saturated carbocycles. The largest absolute Gasteiger partial charge is 0.314 e. The van der Waals surface area contributed by atoms with Crippen molar-refractivity contribution in [2.24, 2.45) is 0 Å². The molecule has 1 unspecified atom stereocenters. The Morgan fingerprint density at radius 2 is 2.11 bits per heavy atom. The Kier molecular flexibility index (Phi) is 6.99. The van der Waals surface area contributed by atoms with Crippen molar-refractivity contribution in [1.29, 1.82) is 0 Å². The zero-order valence-electron chi connectivity index (χ0n) is 11.8. The molecule has 1 rings (SSSR count). The summed E-state index contributed by atoms with van der Waals surface area (Å²) in [6, 6.07) is 4.22. The van der Waals surface area contributed by atoms with Gasteiger partial charge in [0.05, 0.1) is 11.8 Å². The Bertz CT molecular complexity index is 441. The Labute approximate surface area is 120 Å². The average Bonchev–Trinajstić information content (AvgIpc) is 2.85. The molecular weight excluding hydrogens is 280 g/mol. The summed E-state index contributed by atoms with van der Waals surface area (Å²) in [7, 11) is -3.20. The molecule has 0 fully saturated rings. The fraction of sp³-hybridized carbons (Fsp3) is 0.692.